The highest BCUT2D eigenvalue weighted by Crippen LogP contribution is 2.29. The van der Waals surface area contributed by atoms with Crippen molar-refractivity contribution in [1.29, 1.82) is 0 Å². The Morgan fingerprint density at radius 3 is 2.36 bits per heavy atom. The molecule has 1 N–H and O–H groups in total. The molecule has 0 radical (unpaired) electrons. The molecule has 2 aromatic rings. The number of fused-ring (bicyclic) bond motifs is 1. The lowest BCUT2D eigenvalue weighted by atomic mass is 9.92. The highest BCUT2D eigenvalue weighted by Gasteiger charge is 2.32. The Bertz CT molecular complexity index is 1110. The van der Waals surface area contributed by atoms with Crippen molar-refractivity contribution in [3.63, 3.8) is 0 Å². The third-order valence-electron chi connectivity index (χ3n) is 6.70. The zero-order valence-corrected chi connectivity index (χ0v) is 20.1. The van der Waals surface area contributed by atoms with Crippen LogP contribution in [0.1, 0.15) is 42.4 Å². The molecular formula is C25H32N2O5S. The largest absolute Gasteiger partial charge is 0.493 e. The number of rotatable bonds is 7. The number of amides is 1. The smallest absolute Gasteiger partial charge is 0.243 e. The predicted octanol–water partition coefficient (Wildman–Crippen LogP) is 3.30. The van der Waals surface area contributed by atoms with Crippen LogP contribution in [0.3, 0.4) is 0 Å². The third kappa shape index (κ3) is 5.17. The van der Waals surface area contributed by atoms with Crippen molar-refractivity contribution in [1.82, 2.24) is 9.62 Å². The Labute approximate surface area is 196 Å². The lowest BCUT2D eigenvalue weighted by Gasteiger charge is -2.31. The normalized spacial score (nSPS) is 17.3. The number of carbonyl (C=O) groups is 1. The predicted molar refractivity (Wildman–Crippen MR) is 126 cm³/mol. The van der Waals surface area contributed by atoms with Crippen molar-refractivity contribution in [3.8, 4) is 11.5 Å². The van der Waals surface area contributed by atoms with Crippen molar-refractivity contribution < 1.29 is 22.7 Å². The second-order valence-electron chi connectivity index (χ2n) is 8.72. The zero-order valence-electron chi connectivity index (χ0n) is 19.3. The monoisotopic (exact) mass is 472 g/mol. The first-order valence-electron chi connectivity index (χ1n) is 11.5. The van der Waals surface area contributed by atoms with Gasteiger partial charge in [-0.1, -0.05) is 12.1 Å². The van der Waals surface area contributed by atoms with Crippen molar-refractivity contribution in [2.24, 2.45) is 5.92 Å². The van der Waals surface area contributed by atoms with Crippen LogP contribution in [0, 0.1) is 5.92 Å². The number of carbonyl (C=O) groups excluding carboxylic acids is 1. The first kappa shape index (κ1) is 23.6. The average molecular weight is 473 g/mol. The molecular weight excluding hydrogens is 440 g/mol. The van der Waals surface area contributed by atoms with Crippen molar-refractivity contribution in [2.75, 3.05) is 27.3 Å². The Hall–Kier alpha value is -2.58. The van der Waals surface area contributed by atoms with E-state index in [1.165, 1.54) is 16.3 Å². The highest BCUT2D eigenvalue weighted by molar-refractivity contribution is 7.89. The molecule has 8 heteroatoms. The minimum Gasteiger partial charge on any atom is -0.493 e. The zero-order chi connectivity index (χ0) is 23.4. The average Bonchev–Trinajstić information content (AvgIpc) is 2.86. The van der Waals surface area contributed by atoms with E-state index in [0.717, 1.165) is 30.4 Å². The number of nitrogens with zero attached hydrogens (tertiary/aromatic N) is 1. The SMILES string of the molecule is COc1ccc(CNC(=O)C2CCN(S(=O)(=O)c3ccc4c(c3)CCCC4)CC2)cc1OC. The van der Waals surface area contributed by atoms with Gasteiger partial charge in [0.05, 0.1) is 19.1 Å². The summed E-state index contributed by atoms with van der Waals surface area (Å²) in [6.07, 6.45) is 5.28. The molecule has 2 aliphatic rings. The van der Waals surface area contributed by atoms with E-state index >= 15 is 0 Å². The minimum atomic E-state index is -3.54. The Balaban J connectivity index is 1.33. The van der Waals surface area contributed by atoms with Gasteiger partial charge in [0, 0.05) is 25.6 Å². The molecule has 0 saturated carbocycles. The van der Waals surface area contributed by atoms with Gasteiger partial charge in [-0.15, -0.1) is 0 Å². The molecule has 0 unspecified atom stereocenters. The number of sulfonamides is 1. The Kier molecular flexibility index (Phi) is 7.24. The summed E-state index contributed by atoms with van der Waals surface area (Å²) in [4.78, 5) is 13.1. The summed E-state index contributed by atoms with van der Waals surface area (Å²) in [5.41, 5.74) is 3.34. The summed E-state index contributed by atoms with van der Waals surface area (Å²) < 4.78 is 38.4. The van der Waals surface area contributed by atoms with Gasteiger partial charge in [0.25, 0.3) is 0 Å². The third-order valence-corrected chi connectivity index (χ3v) is 8.59. The molecule has 1 fully saturated rings. The van der Waals surface area contributed by atoms with E-state index in [2.05, 4.69) is 5.32 Å². The number of hydrogen-bond donors (Lipinski definition) is 1. The Morgan fingerprint density at radius 1 is 0.970 bits per heavy atom. The molecule has 4 rings (SSSR count). The summed E-state index contributed by atoms with van der Waals surface area (Å²) in [7, 11) is -0.382. The molecule has 1 amide bonds. The van der Waals surface area contributed by atoms with Crippen LogP contribution in [0.4, 0.5) is 0 Å². The molecule has 33 heavy (non-hydrogen) atoms. The molecule has 0 atom stereocenters. The Morgan fingerprint density at radius 2 is 1.67 bits per heavy atom. The first-order valence-corrected chi connectivity index (χ1v) is 13.0. The summed E-state index contributed by atoms with van der Waals surface area (Å²) in [5, 5.41) is 2.97. The molecule has 2 aromatic carbocycles. The molecule has 0 aromatic heterocycles. The number of hydrogen-bond acceptors (Lipinski definition) is 5. The molecule has 1 aliphatic carbocycles. The maximum Gasteiger partial charge on any atom is 0.243 e. The second-order valence-corrected chi connectivity index (χ2v) is 10.7. The number of methoxy groups -OCH3 is 2. The summed E-state index contributed by atoms with van der Waals surface area (Å²) >= 11 is 0. The molecule has 1 saturated heterocycles. The van der Waals surface area contributed by atoms with E-state index < -0.39 is 10.0 Å². The van der Waals surface area contributed by atoms with Crippen LogP contribution < -0.4 is 14.8 Å². The van der Waals surface area contributed by atoms with E-state index in [4.69, 9.17) is 9.47 Å². The molecule has 7 nitrogen and oxygen atoms in total. The molecule has 1 aliphatic heterocycles. The molecule has 0 bridgehead atoms. The summed E-state index contributed by atoms with van der Waals surface area (Å²) in [6, 6.07) is 11.1. The minimum absolute atomic E-state index is 0.0457. The lowest BCUT2D eigenvalue weighted by molar-refractivity contribution is -0.126. The number of nitrogens with one attached hydrogen (secondary N) is 1. The van der Waals surface area contributed by atoms with Crippen LogP contribution in [0.25, 0.3) is 0 Å². The topological polar surface area (TPSA) is 84.9 Å². The van der Waals surface area contributed by atoms with Gasteiger partial charge in [0.15, 0.2) is 11.5 Å². The number of aryl methyl sites for hydroxylation is 2. The number of piperidine rings is 1. The maximum atomic E-state index is 13.2. The van der Waals surface area contributed by atoms with Crippen LogP contribution >= 0.6 is 0 Å². The van der Waals surface area contributed by atoms with Gasteiger partial charge in [-0.2, -0.15) is 4.31 Å². The van der Waals surface area contributed by atoms with E-state index in [1.807, 2.05) is 30.3 Å². The van der Waals surface area contributed by atoms with Crippen LogP contribution in [0.2, 0.25) is 0 Å². The highest BCUT2D eigenvalue weighted by atomic mass is 32.2. The van der Waals surface area contributed by atoms with E-state index in [0.29, 0.717) is 48.9 Å². The van der Waals surface area contributed by atoms with Gasteiger partial charge in [-0.25, -0.2) is 8.42 Å². The number of ether oxygens (including phenoxy) is 2. The van der Waals surface area contributed by atoms with Crippen molar-refractivity contribution in [2.45, 2.75) is 50.0 Å². The van der Waals surface area contributed by atoms with Gasteiger partial charge < -0.3 is 14.8 Å². The fourth-order valence-electron chi connectivity index (χ4n) is 4.70. The van der Waals surface area contributed by atoms with E-state index in [-0.39, 0.29) is 11.8 Å². The number of benzene rings is 2. The van der Waals surface area contributed by atoms with Crippen LogP contribution in [-0.4, -0.2) is 45.9 Å². The van der Waals surface area contributed by atoms with Crippen LogP contribution in [0.15, 0.2) is 41.3 Å². The quantitative estimate of drug-likeness (QED) is 0.668. The maximum absolute atomic E-state index is 13.2. The molecule has 0 spiro atoms. The van der Waals surface area contributed by atoms with Crippen LogP contribution in [-0.2, 0) is 34.2 Å². The van der Waals surface area contributed by atoms with Crippen LogP contribution in [0.5, 0.6) is 11.5 Å². The summed E-state index contributed by atoms with van der Waals surface area (Å²) in [5.74, 6) is 1.01. The molecule has 1 heterocycles. The van der Waals surface area contributed by atoms with E-state index in [1.54, 1.807) is 20.3 Å². The second kappa shape index (κ2) is 10.1. The standard InChI is InChI=1S/C25H32N2O5S/c1-31-23-10-7-18(15-24(23)32-2)17-26-25(28)20-11-13-27(14-12-20)33(29,30)22-9-8-19-5-3-4-6-21(19)16-22/h7-10,15-16,20H,3-6,11-14,17H2,1-2H3,(H,26,28). The van der Waals surface area contributed by atoms with Gasteiger partial charge in [-0.3, -0.25) is 4.79 Å². The van der Waals surface area contributed by atoms with E-state index in [9.17, 15) is 13.2 Å². The van der Waals surface area contributed by atoms with Crippen molar-refractivity contribution >= 4 is 15.9 Å². The fourth-order valence-corrected chi connectivity index (χ4v) is 6.22. The fraction of sp³-hybridized carbons (Fsp3) is 0.480. The summed E-state index contributed by atoms with van der Waals surface area (Å²) in [6.45, 7) is 1.09. The van der Waals surface area contributed by atoms with Gasteiger partial charge in [0.2, 0.25) is 15.9 Å². The lowest BCUT2D eigenvalue weighted by Crippen LogP contribution is -2.42. The first-order chi connectivity index (χ1) is 15.9. The van der Waals surface area contributed by atoms with Gasteiger partial charge in [-0.05, 0) is 79.5 Å². The van der Waals surface area contributed by atoms with Crippen molar-refractivity contribution in [3.05, 3.63) is 53.1 Å². The van der Waals surface area contributed by atoms with Gasteiger partial charge >= 0.3 is 0 Å². The van der Waals surface area contributed by atoms with Gasteiger partial charge in [0.1, 0.15) is 0 Å². The molecule has 178 valence electrons.